The van der Waals surface area contributed by atoms with Crippen LogP contribution in [0.1, 0.15) is 58.8 Å². The molecule has 2 amide bonds. The highest BCUT2D eigenvalue weighted by Gasteiger charge is 2.17. The monoisotopic (exact) mass is 592 g/mol. The Kier molecular flexibility index (Phi) is 9.91. The van der Waals surface area contributed by atoms with Crippen LogP contribution in [0.4, 0.5) is 11.4 Å². The Balaban J connectivity index is 1.94. The molecule has 0 spiro atoms. The summed E-state index contributed by atoms with van der Waals surface area (Å²) in [7, 11) is 0. The fraction of sp³-hybridized carbons (Fsp3) is 0.138. The number of rotatable bonds is 9. The summed E-state index contributed by atoms with van der Waals surface area (Å²) < 4.78 is 20.0. The molecule has 0 fully saturated rings. The van der Waals surface area contributed by atoms with E-state index >= 15 is 0 Å². The van der Waals surface area contributed by atoms with Gasteiger partial charge >= 0.3 is 29.8 Å². The van der Waals surface area contributed by atoms with Gasteiger partial charge < -0.3 is 34.7 Å². The lowest BCUT2D eigenvalue weighted by Crippen LogP contribution is -2.16. The van der Waals surface area contributed by atoms with E-state index in [9.17, 15) is 38.7 Å². The molecule has 0 unspecified atom stereocenters. The number of nitrogens with one attached hydrogen (secondary N) is 2. The van der Waals surface area contributed by atoms with E-state index in [4.69, 9.17) is 18.9 Å². The number of carbonyl (C=O) groups excluding carboxylic acids is 6. The predicted octanol–water partition coefficient (Wildman–Crippen LogP) is 3.59. The molecule has 14 heteroatoms. The van der Waals surface area contributed by atoms with E-state index in [1.807, 2.05) is 0 Å². The molecule has 3 rings (SSSR count). The Morgan fingerprint density at radius 1 is 0.465 bits per heavy atom. The zero-order valence-corrected chi connectivity index (χ0v) is 23.1. The number of hydrogen-bond donors (Lipinski definition) is 3. The summed E-state index contributed by atoms with van der Waals surface area (Å²) in [5, 5.41) is 14.6. The van der Waals surface area contributed by atoms with Crippen LogP contribution in [-0.4, -0.2) is 46.8 Å². The largest absolute Gasteiger partial charge is 0.478 e. The molecule has 0 aliphatic rings. The molecule has 0 saturated heterocycles. The van der Waals surface area contributed by atoms with Crippen molar-refractivity contribution in [2.24, 2.45) is 0 Å². The molecule has 43 heavy (non-hydrogen) atoms. The molecular formula is C29H24N2O12. The van der Waals surface area contributed by atoms with Crippen molar-refractivity contribution in [3.8, 4) is 23.0 Å². The molecule has 0 aliphatic carbocycles. The van der Waals surface area contributed by atoms with Gasteiger partial charge in [-0.15, -0.1) is 0 Å². The molecule has 3 aromatic carbocycles. The van der Waals surface area contributed by atoms with Gasteiger partial charge in [-0.3, -0.25) is 28.8 Å². The van der Waals surface area contributed by atoms with Crippen molar-refractivity contribution in [3.63, 3.8) is 0 Å². The van der Waals surface area contributed by atoms with Gasteiger partial charge in [0.15, 0.2) is 0 Å². The van der Waals surface area contributed by atoms with Crippen LogP contribution < -0.4 is 29.6 Å². The molecule has 14 nitrogen and oxygen atoms in total. The van der Waals surface area contributed by atoms with Gasteiger partial charge in [0.25, 0.3) is 11.8 Å². The lowest BCUT2D eigenvalue weighted by Gasteiger charge is -2.13. The number of carboxylic acids is 1. The summed E-state index contributed by atoms with van der Waals surface area (Å²) in [5.41, 5.74) is -0.636. The second-order valence-electron chi connectivity index (χ2n) is 8.77. The van der Waals surface area contributed by atoms with Gasteiger partial charge in [-0.05, 0) is 42.5 Å². The normalized spacial score (nSPS) is 10.1. The third-order valence-electron chi connectivity index (χ3n) is 5.03. The zero-order valence-electron chi connectivity index (χ0n) is 23.1. The lowest BCUT2D eigenvalue weighted by molar-refractivity contribution is -0.133. The third kappa shape index (κ3) is 9.53. The van der Waals surface area contributed by atoms with Crippen molar-refractivity contribution < 1.29 is 57.6 Å². The van der Waals surface area contributed by atoms with E-state index < -0.39 is 41.7 Å². The summed E-state index contributed by atoms with van der Waals surface area (Å²) in [5.74, 6) is -6.13. The summed E-state index contributed by atoms with van der Waals surface area (Å²) in [6.45, 7) is 4.54. The van der Waals surface area contributed by atoms with E-state index in [1.165, 1.54) is 42.5 Å². The maximum Gasteiger partial charge on any atom is 0.335 e. The Morgan fingerprint density at radius 3 is 1.02 bits per heavy atom. The fourth-order valence-corrected chi connectivity index (χ4v) is 3.61. The Bertz CT molecular complexity index is 1480. The zero-order chi connectivity index (χ0) is 31.8. The highest BCUT2D eigenvalue weighted by atomic mass is 16.6. The van der Waals surface area contributed by atoms with Gasteiger partial charge in [-0.25, -0.2) is 4.79 Å². The van der Waals surface area contributed by atoms with Crippen LogP contribution in [0.25, 0.3) is 0 Å². The maximum atomic E-state index is 13.1. The van der Waals surface area contributed by atoms with E-state index in [2.05, 4.69) is 10.6 Å². The average Bonchev–Trinajstić information content (AvgIpc) is 2.86. The highest BCUT2D eigenvalue weighted by molar-refractivity contribution is 6.08. The Hall–Kier alpha value is -6.05. The number of esters is 4. The molecule has 0 radical (unpaired) electrons. The van der Waals surface area contributed by atoms with E-state index in [0.29, 0.717) is 0 Å². The minimum Gasteiger partial charge on any atom is -0.478 e. The van der Waals surface area contributed by atoms with Gasteiger partial charge in [0.2, 0.25) is 0 Å². The summed E-state index contributed by atoms with van der Waals surface area (Å²) in [6.07, 6.45) is 0. The quantitative estimate of drug-likeness (QED) is 0.241. The number of ether oxygens (including phenoxy) is 4. The molecule has 3 N–H and O–H groups in total. The molecule has 0 atom stereocenters. The first kappa shape index (κ1) is 31.5. The van der Waals surface area contributed by atoms with Crippen molar-refractivity contribution in [1.29, 1.82) is 0 Å². The van der Waals surface area contributed by atoms with Crippen molar-refractivity contribution in [3.05, 3.63) is 71.3 Å². The first-order valence-corrected chi connectivity index (χ1v) is 12.2. The van der Waals surface area contributed by atoms with Gasteiger partial charge in [0.05, 0.1) is 5.56 Å². The van der Waals surface area contributed by atoms with Gasteiger partial charge in [-0.1, -0.05) is 0 Å². The van der Waals surface area contributed by atoms with Crippen LogP contribution in [-0.2, 0) is 19.2 Å². The van der Waals surface area contributed by atoms with Crippen molar-refractivity contribution >= 4 is 53.0 Å². The first-order valence-electron chi connectivity index (χ1n) is 12.2. The number of aromatic carboxylic acids is 1. The van der Waals surface area contributed by atoms with Gasteiger partial charge in [0, 0.05) is 62.3 Å². The SMILES string of the molecule is CC(=O)Oc1cc(OC(C)=O)cc(C(=O)Nc2cc(NC(=O)c3cc(OC(C)=O)cc(OC(C)=O)c3)cc(C(=O)O)c2)c1. The van der Waals surface area contributed by atoms with Crippen LogP contribution in [0.3, 0.4) is 0 Å². The third-order valence-corrected chi connectivity index (χ3v) is 5.03. The molecule has 0 aromatic heterocycles. The topological polar surface area (TPSA) is 201 Å². The molecular weight excluding hydrogens is 568 g/mol. The molecule has 0 heterocycles. The molecule has 0 saturated carbocycles. The Labute approximate surface area is 243 Å². The smallest absolute Gasteiger partial charge is 0.335 e. The number of benzene rings is 3. The van der Waals surface area contributed by atoms with Crippen molar-refractivity contribution in [2.75, 3.05) is 10.6 Å². The number of carboxylic acid groups (broad SMARTS) is 1. The fourth-order valence-electron chi connectivity index (χ4n) is 3.61. The summed E-state index contributed by atoms with van der Waals surface area (Å²) in [6, 6.07) is 10.7. The summed E-state index contributed by atoms with van der Waals surface area (Å²) in [4.78, 5) is 83.6. The number of hydrogen-bond acceptors (Lipinski definition) is 11. The molecule has 222 valence electrons. The molecule has 0 bridgehead atoms. The van der Waals surface area contributed by atoms with Crippen molar-refractivity contribution in [1.82, 2.24) is 0 Å². The van der Waals surface area contributed by atoms with Crippen LogP contribution in [0.15, 0.2) is 54.6 Å². The number of anilines is 2. The van der Waals surface area contributed by atoms with Crippen molar-refractivity contribution in [2.45, 2.75) is 27.7 Å². The average molecular weight is 593 g/mol. The van der Waals surface area contributed by atoms with Crippen LogP contribution >= 0.6 is 0 Å². The highest BCUT2D eigenvalue weighted by Crippen LogP contribution is 2.27. The lowest BCUT2D eigenvalue weighted by atomic mass is 10.1. The minimum atomic E-state index is -1.38. The van der Waals surface area contributed by atoms with Crippen LogP contribution in [0, 0.1) is 0 Å². The second-order valence-corrected chi connectivity index (χ2v) is 8.77. The van der Waals surface area contributed by atoms with Crippen LogP contribution in [0.2, 0.25) is 0 Å². The van der Waals surface area contributed by atoms with Crippen LogP contribution in [0.5, 0.6) is 23.0 Å². The number of amides is 2. The van der Waals surface area contributed by atoms with E-state index in [1.54, 1.807) is 0 Å². The minimum absolute atomic E-state index is 0.0543. The first-order chi connectivity index (χ1) is 20.2. The van der Waals surface area contributed by atoms with E-state index in [-0.39, 0.29) is 51.1 Å². The summed E-state index contributed by atoms with van der Waals surface area (Å²) >= 11 is 0. The standard InChI is InChI=1S/C29H24N2O12/c1-14(32)40-23-7-18(8-24(12-23)41-15(2)33)27(36)30-21-5-20(29(38)39)6-22(11-21)31-28(37)19-9-25(42-16(3)34)13-26(10-19)43-17(4)35/h5-13H,1-4H3,(H,30,36)(H,31,37)(H,38,39). The molecule has 0 aliphatic heterocycles. The van der Waals surface area contributed by atoms with E-state index in [0.717, 1.165) is 39.8 Å². The number of carbonyl (C=O) groups is 7. The second kappa shape index (κ2) is 13.5. The van der Waals surface area contributed by atoms with Gasteiger partial charge in [0.1, 0.15) is 23.0 Å². The van der Waals surface area contributed by atoms with Gasteiger partial charge in [-0.2, -0.15) is 0 Å². The maximum absolute atomic E-state index is 13.1. The Morgan fingerprint density at radius 2 is 0.767 bits per heavy atom. The molecule has 3 aromatic rings. The predicted molar refractivity (Wildman–Crippen MR) is 147 cm³/mol.